The van der Waals surface area contributed by atoms with Crippen LogP contribution in [0.25, 0.3) is 22.0 Å². The normalized spacial score (nSPS) is 10.8. The van der Waals surface area contributed by atoms with Crippen LogP contribution in [-0.2, 0) is 0 Å². The summed E-state index contributed by atoms with van der Waals surface area (Å²) in [5, 5.41) is 4.52. The fourth-order valence-electron chi connectivity index (χ4n) is 3.44. The quantitative estimate of drug-likeness (QED) is 0.441. The molecule has 0 atom stereocenters. The van der Waals surface area contributed by atoms with Crippen LogP contribution in [0.5, 0.6) is 0 Å². The number of para-hydroxylation sites is 1. The highest BCUT2D eigenvalue weighted by atomic mass is 35.5. The van der Waals surface area contributed by atoms with Gasteiger partial charge in [0.2, 0.25) is 0 Å². The van der Waals surface area contributed by atoms with Crippen LogP contribution in [0.3, 0.4) is 0 Å². The number of nitrogens with one attached hydrogen (secondary N) is 1. The lowest BCUT2D eigenvalue weighted by molar-refractivity contribution is 0.102. The van der Waals surface area contributed by atoms with Gasteiger partial charge in [-0.05, 0) is 49.2 Å². The number of rotatable bonds is 3. The van der Waals surface area contributed by atoms with Gasteiger partial charge in [0, 0.05) is 21.7 Å². The molecule has 0 fully saturated rings. The minimum atomic E-state index is -0.181. The van der Waals surface area contributed by atoms with Crippen molar-refractivity contribution in [3.05, 3.63) is 94.6 Å². The van der Waals surface area contributed by atoms with Crippen LogP contribution in [0.1, 0.15) is 21.6 Å². The SMILES string of the molecule is Cc1ccccc1NC(=O)c1c(C)nc2ccc(Cl)cc2c1-c1ccccc1. The summed E-state index contributed by atoms with van der Waals surface area (Å²) < 4.78 is 0. The number of aryl methyl sites for hydroxylation is 2. The van der Waals surface area contributed by atoms with Gasteiger partial charge in [-0.15, -0.1) is 0 Å². The first kappa shape index (κ1) is 18.2. The van der Waals surface area contributed by atoms with Gasteiger partial charge in [-0.3, -0.25) is 9.78 Å². The van der Waals surface area contributed by atoms with Crippen LogP contribution in [0.4, 0.5) is 5.69 Å². The molecule has 28 heavy (non-hydrogen) atoms. The summed E-state index contributed by atoms with van der Waals surface area (Å²) in [4.78, 5) is 18.0. The third-order valence-electron chi connectivity index (χ3n) is 4.81. The van der Waals surface area contributed by atoms with E-state index in [9.17, 15) is 4.79 Å². The van der Waals surface area contributed by atoms with Gasteiger partial charge in [-0.25, -0.2) is 0 Å². The molecule has 0 radical (unpaired) electrons. The van der Waals surface area contributed by atoms with E-state index in [4.69, 9.17) is 11.6 Å². The van der Waals surface area contributed by atoms with Crippen molar-refractivity contribution in [2.45, 2.75) is 13.8 Å². The number of anilines is 1. The number of benzene rings is 3. The maximum atomic E-state index is 13.3. The second kappa shape index (κ2) is 7.45. The molecule has 0 unspecified atom stereocenters. The van der Waals surface area contributed by atoms with Crippen molar-refractivity contribution in [2.75, 3.05) is 5.32 Å². The molecule has 4 heteroatoms. The van der Waals surface area contributed by atoms with Gasteiger partial charge >= 0.3 is 0 Å². The Kier molecular flexibility index (Phi) is 4.84. The van der Waals surface area contributed by atoms with Crippen LogP contribution < -0.4 is 5.32 Å². The van der Waals surface area contributed by atoms with E-state index < -0.39 is 0 Å². The Bertz CT molecular complexity index is 1190. The van der Waals surface area contributed by atoms with Gasteiger partial charge in [-0.2, -0.15) is 0 Å². The molecule has 1 amide bonds. The Morgan fingerprint density at radius 3 is 2.39 bits per heavy atom. The molecule has 0 bridgehead atoms. The molecule has 0 spiro atoms. The lowest BCUT2D eigenvalue weighted by Gasteiger charge is -2.17. The molecule has 0 saturated carbocycles. The van der Waals surface area contributed by atoms with E-state index in [0.717, 1.165) is 33.3 Å². The number of aromatic nitrogens is 1. The van der Waals surface area contributed by atoms with Crippen molar-refractivity contribution < 1.29 is 4.79 Å². The fraction of sp³-hybridized carbons (Fsp3) is 0.0833. The predicted octanol–water partition coefficient (Wildman–Crippen LogP) is 6.42. The monoisotopic (exact) mass is 386 g/mol. The molecule has 0 aliphatic carbocycles. The van der Waals surface area contributed by atoms with Crippen LogP contribution >= 0.6 is 11.6 Å². The van der Waals surface area contributed by atoms with Crippen LogP contribution in [0.15, 0.2) is 72.8 Å². The number of amides is 1. The smallest absolute Gasteiger partial charge is 0.258 e. The van der Waals surface area contributed by atoms with Gasteiger partial charge in [0.1, 0.15) is 0 Å². The molecule has 0 saturated heterocycles. The Morgan fingerprint density at radius 2 is 1.64 bits per heavy atom. The summed E-state index contributed by atoms with van der Waals surface area (Å²) >= 11 is 6.27. The molecule has 1 heterocycles. The average Bonchev–Trinajstić information content (AvgIpc) is 2.69. The second-order valence-electron chi connectivity index (χ2n) is 6.74. The Labute approximate surface area is 169 Å². The molecule has 3 aromatic carbocycles. The highest BCUT2D eigenvalue weighted by Gasteiger charge is 2.21. The second-order valence-corrected chi connectivity index (χ2v) is 7.18. The van der Waals surface area contributed by atoms with Crippen molar-refractivity contribution in [1.82, 2.24) is 4.98 Å². The van der Waals surface area contributed by atoms with Gasteiger partial charge < -0.3 is 5.32 Å². The maximum absolute atomic E-state index is 13.3. The molecular formula is C24H19ClN2O. The zero-order chi connectivity index (χ0) is 19.7. The first-order chi connectivity index (χ1) is 13.5. The first-order valence-corrected chi connectivity index (χ1v) is 9.44. The number of pyridine rings is 1. The zero-order valence-corrected chi connectivity index (χ0v) is 16.4. The molecule has 1 N–H and O–H groups in total. The molecule has 4 rings (SSSR count). The molecule has 138 valence electrons. The van der Waals surface area contributed by atoms with Crippen LogP contribution in [0, 0.1) is 13.8 Å². The van der Waals surface area contributed by atoms with E-state index in [1.807, 2.05) is 86.6 Å². The summed E-state index contributed by atoms with van der Waals surface area (Å²) in [5.41, 5.74) is 5.65. The number of halogens is 1. The molecule has 3 nitrogen and oxygen atoms in total. The van der Waals surface area contributed by atoms with E-state index >= 15 is 0 Å². The number of hydrogen-bond acceptors (Lipinski definition) is 2. The highest BCUT2D eigenvalue weighted by Crippen LogP contribution is 2.35. The molecule has 0 aliphatic heterocycles. The summed E-state index contributed by atoms with van der Waals surface area (Å²) in [6.45, 7) is 3.84. The van der Waals surface area contributed by atoms with Crippen LogP contribution in [0.2, 0.25) is 5.02 Å². The van der Waals surface area contributed by atoms with Gasteiger partial charge in [0.25, 0.3) is 5.91 Å². The molecule has 4 aromatic rings. The predicted molar refractivity (Wildman–Crippen MR) is 116 cm³/mol. The van der Waals surface area contributed by atoms with Gasteiger partial charge in [0.15, 0.2) is 0 Å². The van der Waals surface area contributed by atoms with Crippen molar-refractivity contribution >= 4 is 34.1 Å². The van der Waals surface area contributed by atoms with Crippen molar-refractivity contribution in [3.63, 3.8) is 0 Å². The minimum Gasteiger partial charge on any atom is -0.322 e. The number of carbonyl (C=O) groups excluding carboxylic acids is 1. The number of hydrogen-bond donors (Lipinski definition) is 1. The minimum absolute atomic E-state index is 0.181. The third-order valence-corrected chi connectivity index (χ3v) is 5.05. The first-order valence-electron chi connectivity index (χ1n) is 9.07. The Morgan fingerprint density at radius 1 is 0.929 bits per heavy atom. The Hall–Kier alpha value is -3.17. The van der Waals surface area contributed by atoms with E-state index in [0.29, 0.717) is 16.3 Å². The summed E-state index contributed by atoms with van der Waals surface area (Å²) in [6, 6.07) is 23.2. The molecule has 0 aliphatic rings. The largest absolute Gasteiger partial charge is 0.322 e. The zero-order valence-electron chi connectivity index (χ0n) is 15.7. The summed E-state index contributed by atoms with van der Waals surface area (Å²) in [5.74, 6) is -0.181. The highest BCUT2D eigenvalue weighted by molar-refractivity contribution is 6.31. The van der Waals surface area contributed by atoms with E-state index in [1.54, 1.807) is 0 Å². The van der Waals surface area contributed by atoms with Crippen molar-refractivity contribution in [3.8, 4) is 11.1 Å². The van der Waals surface area contributed by atoms with Gasteiger partial charge in [-0.1, -0.05) is 60.1 Å². The number of nitrogens with zero attached hydrogens (tertiary/aromatic N) is 1. The fourth-order valence-corrected chi connectivity index (χ4v) is 3.61. The van der Waals surface area contributed by atoms with Crippen LogP contribution in [-0.4, -0.2) is 10.9 Å². The summed E-state index contributed by atoms with van der Waals surface area (Å²) in [6.07, 6.45) is 0. The standard InChI is InChI=1S/C24H19ClN2O/c1-15-8-6-7-11-20(15)27-24(28)22-16(2)26-21-13-12-18(25)14-19(21)23(22)17-9-4-3-5-10-17/h3-14H,1-2H3,(H,27,28). The van der Waals surface area contributed by atoms with E-state index in [1.165, 1.54) is 0 Å². The van der Waals surface area contributed by atoms with E-state index in [-0.39, 0.29) is 5.91 Å². The lowest BCUT2D eigenvalue weighted by Crippen LogP contribution is -2.16. The Balaban J connectivity index is 1.96. The topological polar surface area (TPSA) is 42.0 Å². The molecule has 1 aromatic heterocycles. The molecular weight excluding hydrogens is 368 g/mol. The average molecular weight is 387 g/mol. The summed E-state index contributed by atoms with van der Waals surface area (Å²) in [7, 11) is 0. The maximum Gasteiger partial charge on any atom is 0.258 e. The van der Waals surface area contributed by atoms with E-state index in [2.05, 4.69) is 10.3 Å². The van der Waals surface area contributed by atoms with Crippen molar-refractivity contribution in [2.24, 2.45) is 0 Å². The lowest BCUT2D eigenvalue weighted by atomic mass is 9.93. The van der Waals surface area contributed by atoms with Crippen molar-refractivity contribution in [1.29, 1.82) is 0 Å². The number of carbonyl (C=O) groups is 1. The number of fused-ring (bicyclic) bond motifs is 1. The van der Waals surface area contributed by atoms with Gasteiger partial charge in [0.05, 0.1) is 16.8 Å². The third kappa shape index (κ3) is 3.37.